The molecule has 94 valence electrons. The summed E-state index contributed by atoms with van der Waals surface area (Å²) in [6.45, 7) is 0. The van der Waals surface area contributed by atoms with Gasteiger partial charge in [-0.05, 0) is 31.9 Å². The Bertz CT molecular complexity index is 348. The highest BCUT2D eigenvalue weighted by atomic mass is 16.5. The highest BCUT2D eigenvalue weighted by Crippen LogP contribution is 2.36. The summed E-state index contributed by atoms with van der Waals surface area (Å²) in [6, 6.07) is 4.49. The Kier molecular flexibility index (Phi) is 4.37. The van der Waals surface area contributed by atoms with E-state index in [4.69, 9.17) is 4.74 Å². The van der Waals surface area contributed by atoms with E-state index in [2.05, 4.69) is 16.4 Å². The van der Waals surface area contributed by atoms with Gasteiger partial charge >= 0.3 is 0 Å². The summed E-state index contributed by atoms with van der Waals surface area (Å²) in [7, 11) is 3.73. The molecule has 2 rings (SSSR count). The second-order valence-electron chi connectivity index (χ2n) is 4.77. The molecule has 1 aromatic rings. The van der Waals surface area contributed by atoms with Gasteiger partial charge < -0.3 is 10.1 Å². The number of methoxy groups -OCH3 is 1. The van der Waals surface area contributed by atoms with Crippen molar-refractivity contribution in [3.8, 4) is 5.88 Å². The van der Waals surface area contributed by atoms with Gasteiger partial charge in [-0.15, -0.1) is 0 Å². The molecule has 1 N–H and O–H groups in total. The molecule has 1 heterocycles. The van der Waals surface area contributed by atoms with Crippen molar-refractivity contribution in [2.45, 2.75) is 38.1 Å². The fraction of sp³-hybridized carbons (Fsp3) is 0.643. The van der Waals surface area contributed by atoms with Crippen LogP contribution in [0, 0.1) is 5.92 Å². The van der Waals surface area contributed by atoms with Crippen molar-refractivity contribution in [1.29, 1.82) is 0 Å². The molecule has 1 unspecified atom stereocenters. The van der Waals surface area contributed by atoms with Crippen LogP contribution in [0.5, 0.6) is 5.88 Å². The Balaban J connectivity index is 2.21. The van der Waals surface area contributed by atoms with E-state index in [1.54, 1.807) is 13.3 Å². The van der Waals surface area contributed by atoms with Gasteiger partial charge in [-0.1, -0.05) is 25.3 Å². The van der Waals surface area contributed by atoms with E-state index in [1.165, 1.54) is 37.7 Å². The highest BCUT2D eigenvalue weighted by molar-refractivity contribution is 5.29. The summed E-state index contributed by atoms with van der Waals surface area (Å²) in [6.07, 6.45) is 8.50. The minimum absolute atomic E-state index is 0.374. The number of aromatic nitrogens is 1. The molecule has 1 fully saturated rings. The van der Waals surface area contributed by atoms with Crippen molar-refractivity contribution in [2.75, 3.05) is 14.2 Å². The third-order valence-electron chi connectivity index (χ3n) is 3.76. The molecule has 3 heteroatoms. The summed E-state index contributed by atoms with van der Waals surface area (Å²) in [5, 5.41) is 3.44. The molecule has 0 radical (unpaired) electrons. The normalized spacial score (nSPS) is 18.9. The number of hydrogen-bond acceptors (Lipinski definition) is 3. The van der Waals surface area contributed by atoms with Crippen LogP contribution in [-0.4, -0.2) is 19.1 Å². The summed E-state index contributed by atoms with van der Waals surface area (Å²) >= 11 is 0. The lowest BCUT2D eigenvalue weighted by Crippen LogP contribution is -2.27. The summed E-state index contributed by atoms with van der Waals surface area (Å²) in [4.78, 5) is 4.30. The Morgan fingerprint density at radius 3 is 2.76 bits per heavy atom. The number of ether oxygens (including phenoxy) is 1. The maximum atomic E-state index is 5.37. The second kappa shape index (κ2) is 6.01. The van der Waals surface area contributed by atoms with Gasteiger partial charge in [0.15, 0.2) is 0 Å². The topological polar surface area (TPSA) is 34.2 Å². The van der Waals surface area contributed by atoms with Crippen molar-refractivity contribution in [2.24, 2.45) is 5.92 Å². The Hall–Kier alpha value is -1.09. The fourth-order valence-electron chi connectivity index (χ4n) is 2.92. The van der Waals surface area contributed by atoms with E-state index in [-0.39, 0.29) is 0 Å². The summed E-state index contributed by atoms with van der Waals surface area (Å²) < 4.78 is 5.37. The van der Waals surface area contributed by atoms with E-state index in [1.807, 2.05) is 13.1 Å². The van der Waals surface area contributed by atoms with Crippen LogP contribution in [0.2, 0.25) is 0 Å². The van der Waals surface area contributed by atoms with Gasteiger partial charge in [0.05, 0.1) is 7.11 Å². The van der Waals surface area contributed by atoms with Crippen LogP contribution in [0.1, 0.15) is 43.7 Å². The quantitative estimate of drug-likeness (QED) is 0.869. The standard InChI is InChI=1S/C14H22N2O/c1-15-13(11-7-4-3-5-8-11)12-9-6-10-16-14(12)17-2/h6,9-11,13,15H,3-5,7-8H2,1-2H3. The summed E-state index contributed by atoms with van der Waals surface area (Å²) in [5.41, 5.74) is 1.20. The van der Waals surface area contributed by atoms with Crippen LogP contribution in [0.4, 0.5) is 0 Å². The molecule has 0 saturated heterocycles. The predicted octanol–water partition coefficient (Wildman–Crippen LogP) is 2.93. The Labute approximate surface area is 104 Å². The smallest absolute Gasteiger partial charge is 0.217 e. The van der Waals surface area contributed by atoms with Crippen molar-refractivity contribution in [3.05, 3.63) is 23.9 Å². The van der Waals surface area contributed by atoms with E-state index in [0.717, 1.165) is 5.88 Å². The first-order chi connectivity index (χ1) is 8.36. The highest BCUT2D eigenvalue weighted by Gasteiger charge is 2.26. The van der Waals surface area contributed by atoms with E-state index in [9.17, 15) is 0 Å². The Morgan fingerprint density at radius 2 is 2.12 bits per heavy atom. The van der Waals surface area contributed by atoms with Gasteiger partial charge in [0, 0.05) is 17.8 Å². The van der Waals surface area contributed by atoms with Gasteiger partial charge in [-0.3, -0.25) is 0 Å². The number of pyridine rings is 1. The van der Waals surface area contributed by atoms with Crippen LogP contribution in [0.25, 0.3) is 0 Å². The lowest BCUT2D eigenvalue weighted by atomic mass is 9.81. The van der Waals surface area contributed by atoms with Crippen LogP contribution in [0.15, 0.2) is 18.3 Å². The first-order valence-electron chi connectivity index (χ1n) is 6.53. The molecule has 0 bridgehead atoms. The fourth-order valence-corrected chi connectivity index (χ4v) is 2.92. The molecule has 0 aromatic carbocycles. The van der Waals surface area contributed by atoms with Gasteiger partial charge in [0.1, 0.15) is 0 Å². The van der Waals surface area contributed by atoms with Crippen molar-refractivity contribution >= 4 is 0 Å². The predicted molar refractivity (Wildman–Crippen MR) is 69.2 cm³/mol. The molecule has 0 amide bonds. The van der Waals surface area contributed by atoms with Gasteiger partial charge in [0.2, 0.25) is 5.88 Å². The zero-order valence-corrected chi connectivity index (χ0v) is 10.8. The monoisotopic (exact) mass is 234 g/mol. The van der Waals surface area contributed by atoms with Gasteiger partial charge in [-0.2, -0.15) is 0 Å². The number of nitrogens with one attached hydrogen (secondary N) is 1. The SMILES string of the molecule is CNC(c1cccnc1OC)C1CCCCC1. The van der Waals surface area contributed by atoms with Crippen LogP contribution < -0.4 is 10.1 Å². The van der Waals surface area contributed by atoms with E-state index >= 15 is 0 Å². The third kappa shape index (κ3) is 2.78. The first-order valence-corrected chi connectivity index (χ1v) is 6.53. The molecule has 3 nitrogen and oxygen atoms in total. The molecule has 17 heavy (non-hydrogen) atoms. The van der Waals surface area contributed by atoms with E-state index < -0.39 is 0 Å². The average molecular weight is 234 g/mol. The summed E-state index contributed by atoms with van der Waals surface area (Å²) in [5.74, 6) is 1.48. The maximum Gasteiger partial charge on any atom is 0.217 e. The lowest BCUT2D eigenvalue weighted by molar-refractivity contribution is 0.273. The number of rotatable bonds is 4. The van der Waals surface area contributed by atoms with E-state index in [0.29, 0.717) is 12.0 Å². The van der Waals surface area contributed by atoms with Crippen molar-refractivity contribution < 1.29 is 4.74 Å². The molecule has 0 spiro atoms. The third-order valence-corrected chi connectivity index (χ3v) is 3.76. The largest absolute Gasteiger partial charge is 0.481 e. The Morgan fingerprint density at radius 1 is 1.35 bits per heavy atom. The number of hydrogen-bond donors (Lipinski definition) is 1. The second-order valence-corrected chi connectivity index (χ2v) is 4.77. The van der Waals surface area contributed by atoms with Crippen molar-refractivity contribution in [1.82, 2.24) is 10.3 Å². The maximum absolute atomic E-state index is 5.37. The van der Waals surface area contributed by atoms with Crippen molar-refractivity contribution in [3.63, 3.8) is 0 Å². The molecule has 1 aliphatic carbocycles. The van der Waals surface area contributed by atoms with Gasteiger partial charge in [-0.25, -0.2) is 4.98 Å². The van der Waals surface area contributed by atoms with Crippen LogP contribution in [0.3, 0.4) is 0 Å². The molecule has 1 saturated carbocycles. The molecule has 1 atom stereocenters. The van der Waals surface area contributed by atoms with Crippen LogP contribution >= 0.6 is 0 Å². The minimum Gasteiger partial charge on any atom is -0.481 e. The molecule has 1 aromatic heterocycles. The minimum atomic E-state index is 0.374. The first kappa shape index (κ1) is 12.4. The molecule has 0 aliphatic heterocycles. The molecular formula is C14H22N2O. The zero-order chi connectivity index (χ0) is 12.1. The zero-order valence-electron chi connectivity index (χ0n) is 10.8. The average Bonchev–Trinajstić information content (AvgIpc) is 2.41. The molecular weight excluding hydrogens is 212 g/mol. The number of nitrogens with zero attached hydrogens (tertiary/aromatic N) is 1. The van der Waals surface area contributed by atoms with Crippen LogP contribution in [-0.2, 0) is 0 Å². The van der Waals surface area contributed by atoms with Gasteiger partial charge in [0.25, 0.3) is 0 Å². The molecule has 1 aliphatic rings. The lowest BCUT2D eigenvalue weighted by Gasteiger charge is -2.30.